The van der Waals surface area contributed by atoms with Crippen LogP contribution in [0.1, 0.15) is 19.4 Å². The number of anilines is 1. The van der Waals surface area contributed by atoms with E-state index in [9.17, 15) is 13.2 Å². The van der Waals surface area contributed by atoms with Crippen LogP contribution in [0.25, 0.3) is 10.8 Å². The van der Waals surface area contributed by atoms with Gasteiger partial charge in [-0.25, -0.2) is 8.42 Å². The summed E-state index contributed by atoms with van der Waals surface area (Å²) in [4.78, 5) is 17.5. The number of carbonyl (C=O) groups is 1. The van der Waals surface area contributed by atoms with Gasteiger partial charge in [0.1, 0.15) is 6.04 Å². The number of hydrogen-bond donors (Lipinski definition) is 1. The highest BCUT2D eigenvalue weighted by molar-refractivity contribution is 7.89. The Morgan fingerprint density at radius 1 is 1.00 bits per heavy atom. The molecule has 186 valence electrons. The number of benzene rings is 3. The summed E-state index contributed by atoms with van der Waals surface area (Å²) in [5, 5.41) is 1.79. The lowest BCUT2D eigenvalue weighted by Gasteiger charge is -2.32. The summed E-state index contributed by atoms with van der Waals surface area (Å²) in [7, 11) is -2.17. The minimum Gasteiger partial charge on any atom is -0.378 e. The third-order valence-corrected chi connectivity index (χ3v) is 7.81. The van der Waals surface area contributed by atoms with Gasteiger partial charge in [0.15, 0.2) is 0 Å². The van der Waals surface area contributed by atoms with E-state index >= 15 is 0 Å². The summed E-state index contributed by atoms with van der Waals surface area (Å²) < 4.78 is 34.6. The molecule has 0 spiro atoms. The number of amides is 1. The molecule has 1 unspecified atom stereocenters. The van der Waals surface area contributed by atoms with Crippen molar-refractivity contribution in [3.8, 4) is 0 Å². The number of fused-ring (bicyclic) bond motifs is 1. The number of morpholine rings is 1. The van der Waals surface area contributed by atoms with E-state index in [1.54, 1.807) is 30.1 Å². The van der Waals surface area contributed by atoms with E-state index in [2.05, 4.69) is 15.7 Å². The number of rotatable bonds is 8. The van der Waals surface area contributed by atoms with Gasteiger partial charge >= 0.3 is 0 Å². The second-order valence-electron chi connectivity index (χ2n) is 9.27. The molecule has 1 amide bonds. The first-order valence-corrected chi connectivity index (χ1v) is 13.4. The number of nitrogens with zero attached hydrogens (tertiary/aromatic N) is 2. The maximum absolute atomic E-state index is 13.5. The number of nitrogens with one attached hydrogen (secondary N) is 1. The molecule has 8 heteroatoms. The van der Waals surface area contributed by atoms with Crippen LogP contribution >= 0.6 is 0 Å². The molecule has 0 saturated carbocycles. The summed E-state index contributed by atoms with van der Waals surface area (Å²) in [6.07, 6.45) is 0. The average molecular weight is 496 g/mol. The molecule has 1 heterocycles. The number of ether oxygens (including phenoxy) is 1. The maximum atomic E-state index is 13.5. The van der Waals surface area contributed by atoms with E-state index in [4.69, 9.17) is 4.74 Å². The lowest BCUT2D eigenvalue weighted by atomic mass is 10.0. The number of hydrogen-bond acceptors (Lipinski definition) is 5. The van der Waals surface area contributed by atoms with Crippen molar-refractivity contribution in [3.63, 3.8) is 0 Å². The van der Waals surface area contributed by atoms with Crippen molar-refractivity contribution in [2.75, 3.05) is 38.3 Å². The van der Waals surface area contributed by atoms with Gasteiger partial charge in [-0.15, -0.1) is 0 Å². The van der Waals surface area contributed by atoms with Gasteiger partial charge in [0.25, 0.3) is 0 Å². The Balaban J connectivity index is 1.52. The van der Waals surface area contributed by atoms with Crippen LogP contribution in [-0.2, 0) is 26.1 Å². The summed E-state index contributed by atoms with van der Waals surface area (Å²) in [5.74, 6) is -0.490. The summed E-state index contributed by atoms with van der Waals surface area (Å²) in [5.41, 5.74) is 2.10. The maximum Gasteiger partial charge on any atom is 0.241 e. The van der Waals surface area contributed by atoms with Gasteiger partial charge in [-0.1, -0.05) is 62.4 Å². The van der Waals surface area contributed by atoms with Crippen molar-refractivity contribution in [3.05, 3.63) is 72.3 Å². The van der Waals surface area contributed by atoms with Gasteiger partial charge in [-0.05, 0) is 40.5 Å². The molecule has 0 radical (unpaired) electrons. The molecular formula is C27H33N3O4S. The average Bonchev–Trinajstić information content (AvgIpc) is 2.87. The Hall–Kier alpha value is -2.94. The van der Waals surface area contributed by atoms with Crippen LogP contribution in [-0.4, -0.2) is 58.6 Å². The molecule has 0 bridgehead atoms. The third kappa shape index (κ3) is 5.83. The van der Waals surface area contributed by atoms with Gasteiger partial charge in [0.05, 0.1) is 18.1 Å². The predicted octanol–water partition coefficient (Wildman–Crippen LogP) is 3.64. The van der Waals surface area contributed by atoms with E-state index < -0.39 is 16.1 Å². The molecule has 0 aliphatic carbocycles. The number of sulfonamides is 1. The SMILES string of the molecule is CC(C)C(NS(=O)(=O)c1ccc2ccccc2c1)C(=O)N(C)Cc1ccccc1N1CCOCC1. The minimum absolute atomic E-state index is 0.148. The fraction of sp³-hybridized carbons (Fsp3) is 0.370. The summed E-state index contributed by atoms with van der Waals surface area (Å²) in [6.45, 7) is 7.03. The normalized spacial score (nSPS) is 15.4. The van der Waals surface area contributed by atoms with Crippen LogP contribution in [0.15, 0.2) is 71.6 Å². The second kappa shape index (κ2) is 10.8. The lowest BCUT2D eigenvalue weighted by Crippen LogP contribution is -2.50. The van der Waals surface area contributed by atoms with Crippen LogP contribution < -0.4 is 9.62 Å². The number of likely N-dealkylation sites (N-methyl/N-ethyl adjacent to an activating group) is 1. The van der Waals surface area contributed by atoms with E-state index in [0.717, 1.165) is 35.1 Å². The smallest absolute Gasteiger partial charge is 0.241 e. The van der Waals surface area contributed by atoms with E-state index in [1.807, 2.05) is 56.3 Å². The Labute approximate surface area is 207 Å². The van der Waals surface area contributed by atoms with E-state index in [0.29, 0.717) is 19.8 Å². The third-order valence-electron chi connectivity index (χ3n) is 6.37. The largest absolute Gasteiger partial charge is 0.378 e. The Kier molecular flexibility index (Phi) is 7.74. The Bertz CT molecular complexity index is 1290. The molecule has 1 atom stereocenters. The highest BCUT2D eigenvalue weighted by Crippen LogP contribution is 2.24. The second-order valence-corrected chi connectivity index (χ2v) is 11.0. The fourth-order valence-corrected chi connectivity index (χ4v) is 5.74. The van der Waals surface area contributed by atoms with Gasteiger partial charge in [0.2, 0.25) is 15.9 Å². The first-order chi connectivity index (χ1) is 16.8. The number of carbonyl (C=O) groups excluding carboxylic acids is 1. The first-order valence-electron chi connectivity index (χ1n) is 11.9. The molecular weight excluding hydrogens is 462 g/mol. The van der Waals surface area contributed by atoms with Crippen LogP contribution in [0.2, 0.25) is 0 Å². The number of para-hydroxylation sites is 1. The molecule has 0 aromatic heterocycles. The van der Waals surface area contributed by atoms with Crippen molar-refractivity contribution in [1.29, 1.82) is 0 Å². The summed E-state index contributed by atoms with van der Waals surface area (Å²) >= 11 is 0. The van der Waals surface area contributed by atoms with Crippen LogP contribution in [0, 0.1) is 5.92 Å². The van der Waals surface area contributed by atoms with Crippen LogP contribution in [0.3, 0.4) is 0 Å². The monoisotopic (exact) mass is 495 g/mol. The van der Waals surface area contributed by atoms with Crippen LogP contribution in [0.4, 0.5) is 5.69 Å². The molecule has 3 aromatic carbocycles. The van der Waals surface area contributed by atoms with Gasteiger partial charge in [-0.3, -0.25) is 4.79 Å². The standard InChI is InChI=1S/C27H33N3O4S/c1-20(2)26(28-35(32,33)24-13-12-21-8-4-5-9-22(21)18-24)27(31)29(3)19-23-10-6-7-11-25(23)30-14-16-34-17-15-30/h4-13,18,20,26,28H,14-17,19H2,1-3H3. The van der Waals surface area contributed by atoms with Gasteiger partial charge in [-0.2, -0.15) is 4.72 Å². The molecule has 1 aliphatic rings. The van der Waals surface area contributed by atoms with Crippen molar-refractivity contribution < 1.29 is 17.9 Å². The quantitative estimate of drug-likeness (QED) is 0.516. The zero-order valence-electron chi connectivity index (χ0n) is 20.5. The molecule has 1 saturated heterocycles. The van der Waals surface area contributed by atoms with Crippen molar-refractivity contribution in [2.24, 2.45) is 5.92 Å². The van der Waals surface area contributed by atoms with Gasteiger partial charge in [0, 0.05) is 32.4 Å². The highest BCUT2D eigenvalue weighted by Gasteiger charge is 2.31. The fourth-order valence-electron chi connectivity index (χ4n) is 4.37. The molecule has 7 nitrogen and oxygen atoms in total. The molecule has 3 aromatic rings. The summed E-state index contributed by atoms with van der Waals surface area (Å²) in [6, 6.07) is 19.7. The molecule has 1 fully saturated rings. The first kappa shape index (κ1) is 25.2. The van der Waals surface area contributed by atoms with E-state index in [1.165, 1.54) is 0 Å². The minimum atomic E-state index is -3.89. The predicted molar refractivity (Wildman–Crippen MR) is 139 cm³/mol. The highest BCUT2D eigenvalue weighted by atomic mass is 32.2. The van der Waals surface area contributed by atoms with E-state index in [-0.39, 0.29) is 16.7 Å². The molecule has 1 aliphatic heterocycles. The van der Waals surface area contributed by atoms with Crippen molar-refractivity contribution in [2.45, 2.75) is 31.3 Å². The molecule has 35 heavy (non-hydrogen) atoms. The Morgan fingerprint density at radius 2 is 1.66 bits per heavy atom. The van der Waals surface area contributed by atoms with Gasteiger partial charge < -0.3 is 14.5 Å². The Morgan fingerprint density at radius 3 is 2.37 bits per heavy atom. The van der Waals surface area contributed by atoms with Crippen LogP contribution in [0.5, 0.6) is 0 Å². The molecule has 4 rings (SSSR count). The lowest BCUT2D eigenvalue weighted by molar-refractivity contribution is -0.133. The molecule has 1 N–H and O–H groups in total. The zero-order valence-corrected chi connectivity index (χ0v) is 21.3. The van der Waals surface area contributed by atoms with Crippen molar-refractivity contribution >= 4 is 32.4 Å². The van der Waals surface area contributed by atoms with Crippen molar-refractivity contribution in [1.82, 2.24) is 9.62 Å². The zero-order chi connectivity index (χ0) is 25.0. The topological polar surface area (TPSA) is 79.0 Å².